The minimum Gasteiger partial charge on any atom is -0.500 e. The zero-order chi connectivity index (χ0) is 22.8. The molecular weight excluding hydrogens is 426 g/mol. The maximum Gasteiger partial charge on any atom is 0.317 e. The summed E-state index contributed by atoms with van der Waals surface area (Å²) in [6, 6.07) is 0. The quantitative estimate of drug-likeness (QED) is 0.460. The van der Waals surface area contributed by atoms with Crippen molar-refractivity contribution in [1.82, 2.24) is 4.90 Å². The number of likely N-dealkylation sites (tertiary alicyclic amines) is 1. The van der Waals surface area contributed by atoms with Gasteiger partial charge >= 0.3 is 5.97 Å². The summed E-state index contributed by atoms with van der Waals surface area (Å²) in [5.41, 5.74) is -3.24. The van der Waals surface area contributed by atoms with Crippen LogP contribution in [0.25, 0.3) is 0 Å². The number of hydrogen-bond acceptors (Lipinski definition) is 8. The van der Waals surface area contributed by atoms with Crippen molar-refractivity contribution in [2.24, 2.45) is 16.7 Å². The molecule has 1 spiro atoms. The number of hydrogen-bond donors (Lipinski definition) is 0. The smallest absolute Gasteiger partial charge is 0.317 e. The van der Waals surface area contributed by atoms with E-state index in [0.717, 1.165) is 0 Å². The van der Waals surface area contributed by atoms with Crippen molar-refractivity contribution in [1.29, 1.82) is 0 Å². The summed E-state index contributed by atoms with van der Waals surface area (Å²) in [6.45, 7) is 2.46. The highest BCUT2D eigenvalue weighted by molar-refractivity contribution is 6.25. The van der Waals surface area contributed by atoms with Gasteiger partial charge in [-0.25, -0.2) is 0 Å². The number of alkyl halides is 1. The molecule has 0 amide bonds. The summed E-state index contributed by atoms with van der Waals surface area (Å²) in [4.78, 5) is 42.4. The number of Topliss-reactive ketones (excluding diaryl/α,β-unsaturated/α-hetero) is 1. The molecule has 0 aromatic rings. The van der Waals surface area contributed by atoms with Crippen LogP contribution in [0.3, 0.4) is 0 Å². The van der Waals surface area contributed by atoms with E-state index >= 15 is 0 Å². The Balaban J connectivity index is 2.04. The van der Waals surface area contributed by atoms with E-state index in [1.807, 2.05) is 7.05 Å². The molecule has 0 aromatic heterocycles. The van der Waals surface area contributed by atoms with Gasteiger partial charge in [0, 0.05) is 17.9 Å². The number of rotatable bonds is 5. The van der Waals surface area contributed by atoms with E-state index in [-0.39, 0.29) is 36.1 Å². The van der Waals surface area contributed by atoms with Crippen LogP contribution in [-0.2, 0) is 33.3 Å². The molecule has 4 aliphatic rings. The van der Waals surface area contributed by atoms with Gasteiger partial charge in [-0.05, 0) is 33.4 Å². The lowest BCUT2D eigenvalue weighted by Gasteiger charge is -2.53. The Morgan fingerprint density at radius 2 is 1.94 bits per heavy atom. The molecule has 0 radical (unpaired) electrons. The predicted molar refractivity (Wildman–Crippen MR) is 110 cm³/mol. The van der Waals surface area contributed by atoms with Crippen molar-refractivity contribution in [2.75, 3.05) is 41.5 Å². The molecule has 0 bridgehead atoms. The van der Waals surface area contributed by atoms with E-state index < -0.39 is 33.6 Å². The summed E-state index contributed by atoms with van der Waals surface area (Å²) >= 11 is 7.05. The van der Waals surface area contributed by atoms with Crippen molar-refractivity contribution in [3.63, 3.8) is 0 Å². The summed E-state index contributed by atoms with van der Waals surface area (Å²) in [5.74, 6) is -1.43. The van der Waals surface area contributed by atoms with Crippen LogP contribution in [0.2, 0.25) is 0 Å². The molecule has 2 fully saturated rings. The minimum atomic E-state index is -1.39. The highest BCUT2D eigenvalue weighted by Gasteiger charge is 2.84. The standard InChI is InChI=1S/C22H28ClNO7/c1-6-31-19(27)16-13(28-3)9-15(26)22(16)14(23)11-21-18(30-5)17(29-4)12(25)10-20(21,22)7-8-24(21)2/h9,14,16H,6-8,10-11H2,1-5H3/t14-,16-,20+,21+,22+/m0/s1. The summed E-state index contributed by atoms with van der Waals surface area (Å²) in [7, 11) is 6.27. The van der Waals surface area contributed by atoms with Gasteiger partial charge in [-0.15, -0.1) is 11.6 Å². The maximum absolute atomic E-state index is 13.8. The SMILES string of the molecule is CCOC(=O)[C@@H]1C(OC)=CC(=O)[C@]12[C@@H](Cl)C[C@@]13C(OC)=C(OC)C(=O)C[C@@]21CCN3C. The Kier molecular flexibility index (Phi) is 5.17. The molecule has 0 aromatic carbocycles. The van der Waals surface area contributed by atoms with E-state index in [0.29, 0.717) is 25.1 Å². The van der Waals surface area contributed by atoms with Gasteiger partial charge in [0.2, 0.25) is 11.5 Å². The van der Waals surface area contributed by atoms with Gasteiger partial charge in [-0.3, -0.25) is 19.3 Å². The van der Waals surface area contributed by atoms with Crippen LogP contribution < -0.4 is 0 Å². The van der Waals surface area contributed by atoms with Gasteiger partial charge in [-0.2, -0.15) is 0 Å². The Bertz CT molecular complexity index is 914. The molecule has 31 heavy (non-hydrogen) atoms. The summed E-state index contributed by atoms with van der Waals surface area (Å²) < 4.78 is 22.1. The normalized spacial score (nSPS) is 39.5. The zero-order valence-electron chi connectivity index (χ0n) is 18.5. The number of nitrogens with zero attached hydrogens (tertiary/aromatic N) is 1. The zero-order valence-corrected chi connectivity index (χ0v) is 19.2. The average molecular weight is 454 g/mol. The fourth-order valence-electron chi connectivity index (χ4n) is 6.99. The fourth-order valence-corrected chi connectivity index (χ4v) is 7.66. The number of esters is 1. The molecule has 0 N–H and O–H groups in total. The number of allylic oxidation sites excluding steroid dienone is 2. The first-order valence-corrected chi connectivity index (χ1v) is 10.8. The van der Waals surface area contributed by atoms with Crippen LogP contribution in [0.5, 0.6) is 0 Å². The number of carbonyl (C=O) groups is 3. The van der Waals surface area contributed by atoms with Crippen LogP contribution in [0.4, 0.5) is 0 Å². The third kappa shape index (κ3) is 2.27. The monoisotopic (exact) mass is 453 g/mol. The van der Waals surface area contributed by atoms with E-state index in [4.69, 9.17) is 30.5 Å². The first-order valence-electron chi connectivity index (χ1n) is 10.4. The van der Waals surface area contributed by atoms with Gasteiger partial charge in [0.05, 0.1) is 44.3 Å². The number of carbonyl (C=O) groups excluding carboxylic acids is 3. The van der Waals surface area contributed by atoms with Crippen molar-refractivity contribution in [3.8, 4) is 0 Å². The average Bonchev–Trinajstić information content (AvgIpc) is 3.28. The minimum absolute atomic E-state index is 0.0169. The Hall–Kier alpha value is -2.06. The second-order valence-electron chi connectivity index (χ2n) is 8.62. The molecule has 1 saturated carbocycles. The van der Waals surface area contributed by atoms with Crippen LogP contribution >= 0.6 is 11.6 Å². The summed E-state index contributed by atoms with van der Waals surface area (Å²) in [5, 5.41) is -0.754. The molecule has 1 saturated heterocycles. The van der Waals surface area contributed by atoms with Crippen molar-refractivity contribution in [3.05, 3.63) is 23.4 Å². The molecule has 4 rings (SSSR count). The number of halogens is 1. The molecule has 0 unspecified atom stereocenters. The lowest BCUT2D eigenvalue weighted by atomic mass is 9.50. The number of methoxy groups -OCH3 is 3. The van der Waals surface area contributed by atoms with Gasteiger partial charge in [0.1, 0.15) is 11.7 Å². The number of likely N-dealkylation sites (N-methyl/N-ethyl adjacent to an activating group) is 1. The third-order valence-electron chi connectivity index (χ3n) is 7.96. The van der Waals surface area contributed by atoms with Gasteiger partial charge in [0.25, 0.3) is 0 Å². The fraction of sp³-hybridized carbons (Fsp3) is 0.682. The van der Waals surface area contributed by atoms with Gasteiger partial charge in [0.15, 0.2) is 11.5 Å². The second-order valence-corrected chi connectivity index (χ2v) is 9.15. The van der Waals surface area contributed by atoms with Crippen molar-refractivity contribution >= 4 is 29.1 Å². The van der Waals surface area contributed by atoms with Gasteiger partial charge < -0.3 is 18.9 Å². The van der Waals surface area contributed by atoms with E-state index in [1.54, 1.807) is 6.92 Å². The highest BCUT2D eigenvalue weighted by atomic mass is 35.5. The van der Waals surface area contributed by atoms with E-state index in [1.165, 1.54) is 27.4 Å². The molecule has 170 valence electrons. The van der Waals surface area contributed by atoms with Crippen molar-refractivity contribution < 1.29 is 33.3 Å². The van der Waals surface area contributed by atoms with Crippen molar-refractivity contribution in [2.45, 2.75) is 37.1 Å². The van der Waals surface area contributed by atoms with Crippen LogP contribution in [0.1, 0.15) is 26.2 Å². The highest BCUT2D eigenvalue weighted by Crippen LogP contribution is 2.76. The Labute approximate surface area is 186 Å². The third-order valence-corrected chi connectivity index (χ3v) is 8.46. The second kappa shape index (κ2) is 7.24. The summed E-state index contributed by atoms with van der Waals surface area (Å²) in [6.07, 6.45) is 2.19. The maximum atomic E-state index is 13.8. The van der Waals surface area contributed by atoms with Crippen LogP contribution in [-0.4, -0.2) is 74.9 Å². The van der Waals surface area contributed by atoms with E-state index in [9.17, 15) is 14.4 Å². The lowest BCUT2D eigenvalue weighted by Crippen LogP contribution is -2.63. The Morgan fingerprint density at radius 1 is 1.23 bits per heavy atom. The number of ether oxygens (including phenoxy) is 4. The Morgan fingerprint density at radius 3 is 2.52 bits per heavy atom. The topological polar surface area (TPSA) is 91.4 Å². The van der Waals surface area contributed by atoms with Crippen LogP contribution in [0.15, 0.2) is 23.4 Å². The first kappa shape index (κ1) is 22.1. The molecule has 1 aliphatic heterocycles. The lowest BCUT2D eigenvalue weighted by molar-refractivity contribution is -0.164. The molecule has 9 heteroatoms. The van der Waals surface area contributed by atoms with Gasteiger partial charge in [-0.1, -0.05) is 0 Å². The molecular formula is C22H28ClNO7. The van der Waals surface area contributed by atoms with Crippen LogP contribution in [0, 0.1) is 16.7 Å². The molecule has 8 nitrogen and oxygen atoms in total. The molecule has 5 atom stereocenters. The first-order chi connectivity index (χ1) is 14.7. The van der Waals surface area contributed by atoms with E-state index in [2.05, 4.69) is 4.90 Å². The largest absolute Gasteiger partial charge is 0.500 e. The molecule has 1 heterocycles. The predicted octanol–water partition coefficient (Wildman–Crippen LogP) is 1.81. The number of ketones is 2. The molecule has 3 aliphatic carbocycles.